The number of carbonyl (C=O) groups is 3. The molecule has 0 radical (unpaired) electrons. The van der Waals surface area contributed by atoms with Crippen molar-refractivity contribution < 1.29 is 29.3 Å². The van der Waals surface area contributed by atoms with E-state index in [1.807, 2.05) is 0 Å². The van der Waals surface area contributed by atoms with Crippen molar-refractivity contribution in [3.8, 4) is 11.5 Å². The van der Waals surface area contributed by atoms with E-state index in [0.29, 0.717) is 24.0 Å². The summed E-state index contributed by atoms with van der Waals surface area (Å²) in [6.45, 7) is 0.728. The maximum absolute atomic E-state index is 13.2. The third kappa shape index (κ3) is 4.74. The number of piperidine rings is 1. The molecular weight excluding hydrogens is 374 g/mol. The minimum atomic E-state index is -0.992. The zero-order chi connectivity index (χ0) is 20.8. The molecule has 29 heavy (non-hydrogen) atoms. The lowest BCUT2D eigenvalue weighted by Gasteiger charge is -2.36. The molecule has 1 atom stereocenters. The first-order valence-electron chi connectivity index (χ1n) is 9.52. The zero-order valence-corrected chi connectivity index (χ0v) is 15.9. The first-order valence-corrected chi connectivity index (χ1v) is 9.52. The molecule has 0 aromatic heterocycles. The van der Waals surface area contributed by atoms with Crippen LogP contribution in [-0.4, -0.2) is 52.5 Å². The predicted molar refractivity (Wildman–Crippen MR) is 105 cm³/mol. The number of aromatic hydroxyl groups is 1. The Morgan fingerprint density at radius 1 is 1.14 bits per heavy atom. The van der Waals surface area contributed by atoms with Crippen LogP contribution >= 0.6 is 0 Å². The molecule has 1 aliphatic rings. The van der Waals surface area contributed by atoms with Gasteiger partial charge < -0.3 is 19.8 Å². The molecule has 2 aromatic rings. The van der Waals surface area contributed by atoms with Crippen molar-refractivity contribution in [3.05, 3.63) is 59.2 Å². The van der Waals surface area contributed by atoms with Gasteiger partial charge in [0.05, 0.1) is 18.0 Å². The minimum Gasteiger partial charge on any atom is -0.507 e. The largest absolute Gasteiger partial charge is 0.507 e. The van der Waals surface area contributed by atoms with E-state index in [1.165, 1.54) is 6.07 Å². The number of phenolic OH excluding ortho intramolecular Hbond substituents is 1. The quantitative estimate of drug-likeness (QED) is 0.696. The third-order valence-corrected chi connectivity index (χ3v) is 5.07. The van der Waals surface area contributed by atoms with Gasteiger partial charge in [-0.2, -0.15) is 0 Å². The Balaban J connectivity index is 1.78. The predicted octanol–water partition coefficient (Wildman–Crippen LogP) is 2.91. The van der Waals surface area contributed by atoms with Gasteiger partial charge in [0.25, 0.3) is 5.91 Å². The summed E-state index contributed by atoms with van der Waals surface area (Å²) in [5.41, 5.74) is 0.937. The molecule has 0 aliphatic carbocycles. The van der Waals surface area contributed by atoms with Crippen molar-refractivity contribution in [1.82, 2.24) is 4.90 Å². The number of ether oxygens (including phenoxy) is 1. The van der Waals surface area contributed by atoms with E-state index in [9.17, 15) is 19.5 Å². The zero-order valence-electron chi connectivity index (χ0n) is 15.9. The van der Waals surface area contributed by atoms with Crippen LogP contribution in [0.2, 0.25) is 0 Å². The first kappa shape index (κ1) is 20.4. The second-order valence-corrected chi connectivity index (χ2v) is 6.99. The molecule has 2 N–H and O–H groups in total. The van der Waals surface area contributed by atoms with Gasteiger partial charge in [0, 0.05) is 12.1 Å². The summed E-state index contributed by atoms with van der Waals surface area (Å²) in [6.07, 6.45) is 2.85. The number of carboxylic acids is 1. The van der Waals surface area contributed by atoms with Crippen LogP contribution in [0, 0.1) is 0 Å². The van der Waals surface area contributed by atoms with E-state index in [2.05, 4.69) is 0 Å². The van der Waals surface area contributed by atoms with Crippen LogP contribution in [0.1, 0.15) is 45.5 Å². The lowest BCUT2D eigenvalue weighted by molar-refractivity contribution is -0.136. The molecule has 3 rings (SSSR count). The summed E-state index contributed by atoms with van der Waals surface area (Å²) in [6, 6.07) is 11.1. The monoisotopic (exact) mass is 397 g/mol. The number of amides is 1. The van der Waals surface area contributed by atoms with Gasteiger partial charge in [-0.1, -0.05) is 24.3 Å². The van der Waals surface area contributed by atoms with Gasteiger partial charge in [-0.05, 0) is 43.0 Å². The topological polar surface area (TPSA) is 104 Å². The Kier molecular flexibility index (Phi) is 6.49. The van der Waals surface area contributed by atoms with E-state index < -0.39 is 5.97 Å². The van der Waals surface area contributed by atoms with Crippen molar-refractivity contribution in [2.75, 3.05) is 13.2 Å². The van der Waals surface area contributed by atoms with E-state index in [-0.39, 0.29) is 42.0 Å². The molecule has 0 bridgehead atoms. The fourth-order valence-corrected chi connectivity index (χ4v) is 3.60. The number of carboxylic acid groups (broad SMARTS) is 1. The van der Waals surface area contributed by atoms with Crippen LogP contribution in [0.4, 0.5) is 0 Å². The van der Waals surface area contributed by atoms with Crippen molar-refractivity contribution in [3.63, 3.8) is 0 Å². The molecule has 0 spiro atoms. The summed E-state index contributed by atoms with van der Waals surface area (Å²) in [5, 5.41) is 18.9. The molecular formula is C22H23NO6. The van der Waals surface area contributed by atoms with Crippen LogP contribution in [0.15, 0.2) is 42.5 Å². The number of likely N-dealkylation sites (tertiary alicyclic amines) is 1. The molecule has 2 aromatic carbocycles. The molecule has 0 unspecified atom stereocenters. The Bertz CT molecular complexity index is 910. The van der Waals surface area contributed by atoms with Crippen molar-refractivity contribution in [2.24, 2.45) is 0 Å². The smallest absolute Gasteiger partial charge is 0.307 e. The van der Waals surface area contributed by atoms with Crippen LogP contribution in [0.3, 0.4) is 0 Å². The van der Waals surface area contributed by atoms with Gasteiger partial charge in [0.1, 0.15) is 18.1 Å². The number of aliphatic carboxylic acids is 1. The Morgan fingerprint density at radius 3 is 2.69 bits per heavy atom. The summed E-state index contributed by atoms with van der Waals surface area (Å²) in [7, 11) is 0. The van der Waals surface area contributed by atoms with Crippen molar-refractivity contribution in [1.29, 1.82) is 0 Å². The first-order chi connectivity index (χ1) is 14.0. The molecule has 1 heterocycles. The molecule has 1 amide bonds. The van der Waals surface area contributed by atoms with E-state index in [0.717, 1.165) is 19.3 Å². The van der Waals surface area contributed by atoms with Crippen LogP contribution in [0.5, 0.6) is 11.5 Å². The van der Waals surface area contributed by atoms with E-state index >= 15 is 0 Å². The van der Waals surface area contributed by atoms with Gasteiger partial charge in [-0.25, -0.2) is 0 Å². The summed E-state index contributed by atoms with van der Waals surface area (Å²) in [5.74, 6) is -1.10. The highest BCUT2D eigenvalue weighted by molar-refractivity contribution is 5.97. The summed E-state index contributed by atoms with van der Waals surface area (Å²) < 4.78 is 5.78. The Morgan fingerprint density at radius 2 is 1.93 bits per heavy atom. The fraction of sp³-hybridized carbons (Fsp3) is 0.318. The number of benzene rings is 2. The highest BCUT2D eigenvalue weighted by Crippen LogP contribution is 2.27. The lowest BCUT2D eigenvalue weighted by Crippen LogP contribution is -2.47. The molecule has 7 nitrogen and oxygen atoms in total. The molecule has 0 saturated carbocycles. The van der Waals surface area contributed by atoms with Gasteiger partial charge in [0.15, 0.2) is 6.29 Å². The number of nitrogens with zero attached hydrogens (tertiary/aromatic N) is 1. The Hall–Kier alpha value is -3.35. The maximum Gasteiger partial charge on any atom is 0.307 e. The number of hydrogen-bond acceptors (Lipinski definition) is 5. The average Bonchev–Trinajstić information content (AvgIpc) is 2.72. The number of aldehydes is 1. The van der Waals surface area contributed by atoms with Crippen LogP contribution in [-0.2, 0) is 11.2 Å². The normalized spacial score (nSPS) is 16.3. The van der Waals surface area contributed by atoms with Gasteiger partial charge in [-0.15, -0.1) is 0 Å². The van der Waals surface area contributed by atoms with Crippen molar-refractivity contribution in [2.45, 2.75) is 31.7 Å². The van der Waals surface area contributed by atoms with Gasteiger partial charge >= 0.3 is 5.97 Å². The third-order valence-electron chi connectivity index (χ3n) is 5.07. The highest BCUT2D eigenvalue weighted by Gasteiger charge is 2.29. The molecule has 1 saturated heterocycles. The fourth-order valence-electron chi connectivity index (χ4n) is 3.60. The second kappa shape index (κ2) is 9.23. The molecule has 7 heteroatoms. The van der Waals surface area contributed by atoms with Crippen LogP contribution < -0.4 is 4.74 Å². The summed E-state index contributed by atoms with van der Waals surface area (Å²) in [4.78, 5) is 37.3. The Labute approximate surface area is 168 Å². The molecule has 1 fully saturated rings. The van der Waals surface area contributed by atoms with Crippen molar-refractivity contribution >= 4 is 18.2 Å². The highest BCUT2D eigenvalue weighted by atomic mass is 16.5. The number of hydrogen-bond donors (Lipinski definition) is 2. The minimum absolute atomic E-state index is 0.0768. The molecule has 1 aliphatic heterocycles. The van der Waals surface area contributed by atoms with Gasteiger partial charge in [0.2, 0.25) is 0 Å². The summed E-state index contributed by atoms with van der Waals surface area (Å²) >= 11 is 0. The standard InChI is InChI=1S/C22H23NO6/c24-13-18-19(25)9-5-10-20(18)29-14-16-7-3-4-11-23(16)22(28)17-8-2-1-6-15(17)12-21(26)27/h1-2,5-6,8-10,13,16,25H,3-4,7,11-12,14H2,(H,26,27)/t16-/m0/s1. The lowest BCUT2D eigenvalue weighted by atomic mass is 9.98. The number of rotatable bonds is 7. The maximum atomic E-state index is 13.2. The number of phenols is 1. The average molecular weight is 397 g/mol. The SMILES string of the molecule is O=Cc1c(O)cccc1OC[C@@H]1CCCCN1C(=O)c1ccccc1CC(=O)O. The van der Waals surface area contributed by atoms with Gasteiger partial charge in [-0.3, -0.25) is 14.4 Å². The number of carbonyl (C=O) groups excluding carboxylic acids is 2. The van der Waals surface area contributed by atoms with E-state index in [1.54, 1.807) is 41.3 Å². The van der Waals surface area contributed by atoms with E-state index in [4.69, 9.17) is 9.84 Å². The van der Waals surface area contributed by atoms with Crippen LogP contribution in [0.25, 0.3) is 0 Å². The second-order valence-electron chi connectivity index (χ2n) is 6.99. The molecule has 152 valence electrons.